The molecule has 3 aromatic heterocycles. The molecule has 1 saturated carbocycles. The van der Waals surface area contributed by atoms with Gasteiger partial charge in [-0.3, -0.25) is 9.89 Å². The van der Waals surface area contributed by atoms with Crippen LogP contribution in [0.1, 0.15) is 53.2 Å². The van der Waals surface area contributed by atoms with Gasteiger partial charge in [0.05, 0.1) is 42.4 Å². The van der Waals surface area contributed by atoms with E-state index >= 15 is 0 Å². The number of aromatic amines is 1. The Morgan fingerprint density at radius 3 is 2.94 bits per heavy atom. The molecule has 0 saturated heterocycles. The van der Waals surface area contributed by atoms with Gasteiger partial charge < -0.3 is 15.2 Å². The number of methoxy groups -OCH3 is 1. The molecule has 170 valence electrons. The van der Waals surface area contributed by atoms with Crippen molar-refractivity contribution in [3.05, 3.63) is 70.9 Å². The average Bonchev–Trinajstić information content (AvgIpc) is 3.55. The van der Waals surface area contributed by atoms with Crippen LogP contribution in [0.4, 0.5) is 5.69 Å². The first-order chi connectivity index (χ1) is 16.0. The Kier molecular flexibility index (Phi) is 5.51. The molecule has 1 unspecified atom stereocenters. The highest BCUT2D eigenvalue weighted by Crippen LogP contribution is 2.49. The van der Waals surface area contributed by atoms with Crippen molar-refractivity contribution in [2.45, 2.75) is 37.2 Å². The number of carbonyl (C=O) groups excluding carboxylic acids is 1. The van der Waals surface area contributed by atoms with Crippen LogP contribution in [-0.2, 0) is 0 Å². The van der Waals surface area contributed by atoms with Crippen molar-refractivity contribution in [2.24, 2.45) is 0 Å². The summed E-state index contributed by atoms with van der Waals surface area (Å²) in [5.41, 5.74) is 1.50. The SMILES string of the molecule is COc1ccc(Cl)cc1C(c1[nH]ncc1NC(=O)c1cnn2cccnc12)C1(O)CCCC1. The summed E-state index contributed by atoms with van der Waals surface area (Å²) in [5.74, 6) is -0.307. The van der Waals surface area contributed by atoms with Crippen molar-refractivity contribution in [3.63, 3.8) is 0 Å². The van der Waals surface area contributed by atoms with E-state index in [-0.39, 0.29) is 5.91 Å². The molecular formula is C23H23ClN6O3. The fourth-order valence-corrected chi connectivity index (χ4v) is 4.89. The van der Waals surface area contributed by atoms with Crippen molar-refractivity contribution < 1.29 is 14.6 Å². The van der Waals surface area contributed by atoms with E-state index in [1.54, 1.807) is 43.8 Å². The monoisotopic (exact) mass is 466 g/mol. The average molecular weight is 467 g/mol. The number of amides is 1. The molecule has 1 aromatic carbocycles. The van der Waals surface area contributed by atoms with Crippen LogP contribution in [0.15, 0.2) is 49.1 Å². The van der Waals surface area contributed by atoms with Crippen molar-refractivity contribution >= 4 is 28.8 Å². The molecule has 0 aliphatic heterocycles. The van der Waals surface area contributed by atoms with Gasteiger partial charge in [-0.1, -0.05) is 24.4 Å². The minimum atomic E-state index is -1.05. The summed E-state index contributed by atoms with van der Waals surface area (Å²) in [7, 11) is 1.58. The first-order valence-electron chi connectivity index (χ1n) is 10.7. The first kappa shape index (κ1) is 21.4. The number of benzene rings is 1. The van der Waals surface area contributed by atoms with E-state index in [2.05, 4.69) is 25.6 Å². The predicted molar refractivity (Wildman–Crippen MR) is 123 cm³/mol. The Morgan fingerprint density at radius 2 is 2.15 bits per heavy atom. The summed E-state index contributed by atoms with van der Waals surface area (Å²) in [5, 5.41) is 26.5. The van der Waals surface area contributed by atoms with Gasteiger partial charge in [0, 0.05) is 23.0 Å². The maximum Gasteiger partial charge on any atom is 0.261 e. The Hall–Kier alpha value is -3.43. The standard InChI is InChI=1S/C23H23ClN6O3/c1-33-18-6-5-14(24)11-15(18)19(23(32)7-2-3-8-23)20-17(13-26-29-20)28-22(31)16-12-27-30-10-4-9-25-21(16)30/h4-6,9-13,19,32H,2-3,7-8H2,1H3,(H,26,29)(H,28,31). The predicted octanol–water partition coefficient (Wildman–Crippen LogP) is 3.80. The molecule has 3 N–H and O–H groups in total. The zero-order valence-corrected chi connectivity index (χ0v) is 18.7. The number of hydrogen-bond donors (Lipinski definition) is 3. The number of anilines is 1. The molecule has 5 rings (SSSR count). The molecule has 1 aliphatic rings. The zero-order valence-electron chi connectivity index (χ0n) is 18.0. The largest absolute Gasteiger partial charge is 0.496 e. The number of carbonyl (C=O) groups is 1. The van der Waals surface area contributed by atoms with Crippen LogP contribution in [-0.4, -0.2) is 48.5 Å². The molecule has 1 atom stereocenters. The summed E-state index contributed by atoms with van der Waals surface area (Å²) in [6, 6.07) is 7.06. The highest BCUT2D eigenvalue weighted by Gasteiger charge is 2.44. The van der Waals surface area contributed by atoms with Crippen molar-refractivity contribution in [1.29, 1.82) is 0 Å². The molecule has 10 heteroatoms. The van der Waals surface area contributed by atoms with E-state index in [0.29, 0.717) is 46.2 Å². The fourth-order valence-electron chi connectivity index (χ4n) is 4.71. The lowest BCUT2D eigenvalue weighted by atomic mass is 9.77. The molecule has 1 fully saturated rings. The number of nitrogens with one attached hydrogen (secondary N) is 2. The summed E-state index contributed by atoms with van der Waals surface area (Å²) in [4.78, 5) is 17.4. The second-order valence-electron chi connectivity index (χ2n) is 8.23. The quantitative estimate of drug-likeness (QED) is 0.398. The summed E-state index contributed by atoms with van der Waals surface area (Å²) in [6.45, 7) is 0. The fraction of sp³-hybridized carbons (Fsp3) is 0.304. The molecule has 1 aliphatic carbocycles. The maximum atomic E-state index is 13.1. The Bertz CT molecular complexity index is 1310. The van der Waals surface area contributed by atoms with Gasteiger partial charge in [-0.05, 0) is 37.1 Å². The van der Waals surface area contributed by atoms with Gasteiger partial charge in [0.1, 0.15) is 11.3 Å². The lowest BCUT2D eigenvalue weighted by Crippen LogP contribution is -2.35. The van der Waals surface area contributed by atoms with Crippen LogP contribution >= 0.6 is 11.6 Å². The number of rotatable bonds is 6. The van der Waals surface area contributed by atoms with Crippen LogP contribution in [0.2, 0.25) is 5.02 Å². The van der Waals surface area contributed by atoms with E-state index in [9.17, 15) is 9.90 Å². The Balaban J connectivity index is 1.57. The minimum absolute atomic E-state index is 0.333. The van der Waals surface area contributed by atoms with Crippen molar-refractivity contribution in [1.82, 2.24) is 24.8 Å². The van der Waals surface area contributed by atoms with Gasteiger partial charge in [-0.15, -0.1) is 0 Å². The number of aromatic nitrogens is 5. The van der Waals surface area contributed by atoms with Gasteiger partial charge in [-0.2, -0.15) is 10.2 Å². The molecule has 0 bridgehead atoms. The van der Waals surface area contributed by atoms with Gasteiger partial charge in [-0.25, -0.2) is 9.50 Å². The third-order valence-electron chi connectivity index (χ3n) is 6.24. The van der Waals surface area contributed by atoms with Crippen LogP contribution < -0.4 is 10.1 Å². The lowest BCUT2D eigenvalue weighted by Gasteiger charge is -2.34. The molecule has 1 amide bonds. The lowest BCUT2D eigenvalue weighted by molar-refractivity contribution is 0.0291. The molecule has 9 nitrogen and oxygen atoms in total. The van der Waals surface area contributed by atoms with Crippen LogP contribution in [0.5, 0.6) is 5.75 Å². The number of halogens is 1. The van der Waals surface area contributed by atoms with Gasteiger partial charge in [0.15, 0.2) is 5.65 Å². The second kappa shape index (κ2) is 8.49. The highest BCUT2D eigenvalue weighted by atomic mass is 35.5. The summed E-state index contributed by atoms with van der Waals surface area (Å²) in [6.07, 6.45) is 9.36. The van der Waals surface area contributed by atoms with Crippen LogP contribution in [0.3, 0.4) is 0 Å². The second-order valence-corrected chi connectivity index (χ2v) is 8.66. The van der Waals surface area contributed by atoms with Gasteiger partial charge in [0.25, 0.3) is 5.91 Å². The van der Waals surface area contributed by atoms with Crippen molar-refractivity contribution in [3.8, 4) is 5.75 Å². The molecule has 33 heavy (non-hydrogen) atoms. The molecule has 0 radical (unpaired) electrons. The summed E-state index contributed by atoms with van der Waals surface area (Å²) < 4.78 is 7.14. The topological polar surface area (TPSA) is 117 Å². The van der Waals surface area contributed by atoms with Crippen molar-refractivity contribution in [2.75, 3.05) is 12.4 Å². The highest BCUT2D eigenvalue weighted by molar-refractivity contribution is 6.30. The molecule has 0 spiro atoms. The normalized spacial score (nSPS) is 16.1. The molecule has 3 heterocycles. The van der Waals surface area contributed by atoms with E-state index in [1.165, 1.54) is 16.9 Å². The number of ether oxygens (including phenoxy) is 1. The molecule has 4 aromatic rings. The number of aliphatic hydroxyl groups is 1. The molecular weight excluding hydrogens is 444 g/mol. The van der Waals surface area contributed by atoms with E-state index < -0.39 is 11.5 Å². The first-order valence-corrected chi connectivity index (χ1v) is 11.1. The summed E-state index contributed by atoms with van der Waals surface area (Å²) >= 11 is 6.33. The minimum Gasteiger partial charge on any atom is -0.496 e. The van der Waals surface area contributed by atoms with Crippen LogP contribution in [0, 0.1) is 0 Å². The third-order valence-corrected chi connectivity index (χ3v) is 6.47. The number of nitrogens with zero attached hydrogens (tertiary/aromatic N) is 4. The van der Waals surface area contributed by atoms with E-state index in [4.69, 9.17) is 16.3 Å². The van der Waals surface area contributed by atoms with E-state index in [0.717, 1.165) is 18.4 Å². The third kappa shape index (κ3) is 3.83. The zero-order chi connectivity index (χ0) is 23.0. The van der Waals surface area contributed by atoms with Gasteiger partial charge in [0.2, 0.25) is 0 Å². The number of H-pyrrole nitrogens is 1. The maximum absolute atomic E-state index is 13.1. The number of fused-ring (bicyclic) bond motifs is 1. The Labute approximate surface area is 194 Å². The number of hydrogen-bond acceptors (Lipinski definition) is 6. The smallest absolute Gasteiger partial charge is 0.261 e. The van der Waals surface area contributed by atoms with Gasteiger partial charge >= 0.3 is 0 Å². The Morgan fingerprint density at radius 1 is 1.33 bits per heavy atom. The van der Waals surface area contributed by atoms with E-state index in [1.807, 2.05) is 0 Å². The van der Waals surface area contributed by atoms with Crippen LogP contribution in [0.25, 0.3) is 5.65 Å².